The second kappa shape index (κ2) is 18.5. The van der Waals surface area contributed by atoms with Crippen LogP contribution in [0.5, 0.6) is 0 Å². The average Bonchev–Trinajstić information content (AvgIpc) is 4.21. The lowest BCUT2D eigenvalue weighted by Gasteiger charge is -2.30. The summed E-state index contributed by atoms with van der Waals surface area (Å²) in [6.07, 6.45) is 8.44. The Morgan fingerprint density at radius 2 is 1.16 bits per heavy atom. The summed E-state index contributed by atoms with van der Waals surface area (Å²) in [5.74, 6) is 6.45. The highest BCUT2D eigenvalue weighted by molar-refractivity contribution is 5.95. The molecule has 0 bridgehead atoms. The molecule has 4 N–H and O–H groups in total. The molecule has 3 heterocycles. The van der Waals surface area contributed by atoms with Gasteiger partial charge in [-0.15, -0.1) is 0 Å². The number of nitrogens with one attached hydrogen (secondary N) is 4. The van der Waals surface area contributed by atoms with Crippen LogP contribution in [0.3, 0.4) is 0 Å². The molecule has 4 aliphatic rings. The van der Waals surface area contributed by atoms with E-state index in [1.54, 1.807) is 23.2 Å². The van der Waals surface area contributed by atoms with E-state index in [-0.39, 0.29) is 53.5 Å². The molecule has 0 spiro atoms. The Hall–Kier alpha value is -7.00. The molecule has 320 valence electrons. The molecule has 0 radical (unpaired) electrons. The summed E-state index contributed by atoms with van der Waals surface area (Å²) in [6.45, 7) is 1.48. The van der Waals surface area contributed by atoms with Gasteiger partial charge >= 0.3 is 0 Å². The maximum absolute atomic E-state index is 14.0. The first kappa shape index (κ1) is 41.4. The van der Waals surface area contributed by atoms with E-state index in [1.165, 1.54) is 0 Å². The van der Waals surface area contributed by atoms with Crippen molar-refractivity contribution in [3.63, 3.8) is 0 Å². The number of nitrogens with zero attached hydrogens (tertiary/aromatic N) is 3. The van der Waals surface area contributed by atoms with Gasteiger partial charge in [0, 0.05) is 54.2 Å². The number of aromatic nitrogens is 2. The molecule has 5 aromatic rings. The molecule has 1 aromatic heterocycles. The van der Waals surface area contributed by atoms with Gasteiger partial charge in [0.15, 0.2) is 0 Å². The van der Waals surface area contributed by atoms with E-state index < -0.39 is 12.1 Å². The fourth-order valence-corrected chi connectivity index (χ4v) is 8.61. The van der Waals surface area contributed by atoms with E-state index >= 15 is 0 Å². The van der Waals surface area contributed by atoms with Crippen molar-refractivity contribution in [2.45, 2.75) is 75.5 Å². The Morgan fingerprint density at radius 1 is 0.635 bits per heavy atom. The number of carbonyl (C=O) groups excluding carboxylic acids is 5. The van der Waals surface area contributed by atoms with Gasteiger partial charge < -0.3 is 30.7 Å². The van der Waals surface area contributed by atoms with E-state index in [2.05, 4.69) is 32.8 Å². The van der Waals surface area contributed by atoms with Crippen molar-refractivity contribution in [1.82, 2.24) is 35.7 Å². The molecule has 2 saturated heterocycles. The summed E-state index contributed by atoms with van der Waals surface area (Å²) in [7, 11) is 0. The minimum atomic E-state index is -0.756. The summed E-state index contributed by atoms with van der Waals surface area (Å²) in [5, 5.41) is 9.05. The summed E-state index contributed by atoms with van der Waals surface area (Å²) < 4.78 is 0. The Morgan fingerprint density at radius 3 is 1.73 bits per heavy atom. The van der Waals surface area contributed by atoms with Crippen molar-refractivity contribution in [1.29, 1.82) is 0 Å². The molecule has 63 heavy (non-hydrogen) atoms. The molecule has 4 unspecified atom stereocenters. The first-order valence-electron chi connectivity index (χ1n) is 22.2. The standard InChI is InChI=1S/C51H51N7O5/c59-47(53-31-41-13-7-29-57(41)50(62)44(36-9-3-1-4-10-36)55-48(60)39-25-26-39)38-23-19-34(20-24-38)16-15-33-17-21-35(22-18-33)42-32-52-46(54-42)43-14-8-30-58(43)51(63)45(37-11-5-2-6-12-37)56-49(61)40-27-28-40/h1-6,9-12,17-24,32,39-41,43-45H,7-8,13-14,25-31H2,(H,52,54)(H,53,59)(H,55,60)(H,56,61). The maximum atomic E-state index is 14.0. The van der Waals surface area contributed by atoms with E-state index in [4.69, 9.17) is 4.98 Å². The van der Waals surface area contributed by atoms with Crippen molar-refractivity contribution < 1.29 is 24.0 Å². The van der Waals surface area contributed by atoms with Gasteiger partial charge in [0.2, 0.25) is 23.6 Å². The van der Waals surface area contributed by atoms with Crippen LogP contribution in [0.4, 0.5) is 0 Å². The number of benzene rings is 4. The monoisotopic (exact) mass is 841 g/mol. The molecule has 4 aromatic carbocycles. The van der Waals surface area contributed by atoms with Crippen LogP contribution in [-0.4, -0.2) is 75.0 Å². The first-order chi connectivity index (χ1) is 30.8. The number of aromatic amines is 1. The van der Waals surface area contributed by atoms with E-state index in [1.807, 2.05) is 102 Å². The van der Waals surface area contributed by atoms with Crippen LogP contribution < -0.4 is 16.0 Å². The van der Waals surface area contributed by atoms with Crippen molar-refractivity contribution in [2.75, 3.05) is 19.6 Å². The van der Waals surface area contributed by atoms with Gasteiger partial charge in [0.25, 0.3) is 5.91 Å². The van der Waals surface area contributed by atoms with Crippen molar-refractivity contribution in [3.05, 3.63) is 149 Å². The third kappa shape index (κ3) is 9.73. The zero-order valence-electron chi connectivity index (χ0n) is 35.1. The normalized spacial score (nSPS) is 19.0. The van der Waals surface area contributed by atoms with Crippen LogP contribution in [0.15, 0.2) is 115 Å². The molecular weight excluding hydrogens is 791 g/mol. The van der Waals surface area contributed by atoms with E-state index in [9.17, 15) is 24.0 Å². The molecule has 4 fully saturated rings. The summed E-state index contributed by atoms with van der Waals surface area (Å²) in [4.78, 5) is 78.5. The summed E-state index contributed by atoms with van der Waals surface area (Å²) >= 11 is 0. The van der Waals surface area contributed by atoms with Gasteiger partial charge in [0.05, 0.1) is 17.9 Å². The van der Waals surface area contributed by atoms with Crippen LogP contribution in [-0.2, 0) is 19.2 Å². The molecule has 2 aliphatic carbocycles. The summed E-state index contributed by atoms with van der Waals surface area (Å²) in [5.41, 5.74) is 5.38. The number of rotatable bonds is 13. The third-order valence-electron chi connectivity index (χ3n) is 12.5. The van der Waals surface area contributed by atoms with Crippen LogP contribution in [0, 0.1) is 23.7 Å². The largest absolute Gasteiger partial charge is 0.350 e. The van der Waals surface area contributed by atoms with E-state index in [0.717, 1.165) is 90.7 Å². The Bertz CT molecular complexity index is 2520. The second-order valence-corrected chi connectivity index (χ2v) is 17.1. The predicted molar refractivity (Wildman–Crippen MR) is 237 cm³/mol. The van der Waals surface area contributed by atoms with Gasteiger partial charge in [-0.3, -0.25) is 24.0 Å². The topological polar surface area (TPSA) is 157 Å². The minimum absolute atomic E-state index is 0.00778. The fourth-order valence-electron chi connectivity index (χ4n) is 8.61. The quantitative estimate of drug-likeness (QED) is 0.101. The zero-order valence-corrected chi connectivity index (χ0v) is 35.1. The Labute approximate surface area is 367 Å². The number of H-pyrrole nitrogens is 1. The molecule has 5 amide bonds. The maximum Gasteiger partial charge on any atom is 0.251 e. The molecule has 12 nitrogen and oxygen atoms in total. The Balaban J connectivity index is 0.790. The summed E-state index contributed by atoms with van der Waals surface area (Å²) in [6, 6.07) is 31.9. The number of amides is 5. The average molecular weight is 842 g/mol. The lowest BCUT2D eigenvalue weighted by molar-refractivity contribution is -0.138. The van der Waals surface area contributed by atoms with Gasteiger partial charge in [-0.1, -0.05) is 84.6 Å². The highest BCUT2D eigenvalue weighted by Gasteiger charge is 2.40. The van der Waals surface area contributed by atoms with Gasteiger partial charge in [-0.2, -0.15) is 0 Å². The number of hydrogen-bond donors (Lipinski definition) is 4. The highest BCUT2D eigenvalue weighted by Crippen LogP contribution is 2.36. The third-order valence-corrected chi connectivity index (χ3v) is 12.5. The molecule has 4 atom stereocenters. The first-order valence-corrected chi connectivity index (χ1v) is 22.2. The number of imidazole rings is 1. The SMILES string of the molecule is O=C(NCC1CCCN1C(=O)C(NC(=O)C1CC1)c1ccccc1)c1ccc(C#Cc2ccc(-c3cnc(C4CCCN4C(=O)C(NC(=O)C4CC4)c4ccccc4)[nH]3)cc2)cc1. The van der Waals surface area contributed by atoms with Gasteiger partial charge in [0.1, 0.15) is 17.9 Å². The Kier molecular flexibility index (Phi) is 12.2. The number of likely N-dealkylation sites (tertiary alicyclic amines) is 2. The zero-order chi connectivity index (χ0) is 43.3. The van der Waals surface area contributed by atoms with Gasteiger partial charge in [-0.05, 0) is 104 Å². The molecule has 2 saturated carbocycles. The van der Waals surface area contributed by atoms with E-state index in [0.29, 0.717) is 25.2 Å². The van der Waals surface area contributed by atoms with Crippen molar-refractivity contribution in [2.24, 2.45) is 11.8 Å². The predicted octanol–water partition coefficient (Wildman–Crippen LogP) is 6.40. The molecule has 2 aliphatic heterocycles. The molecular formula is C51H51N7O5. The van der Waals surface area contributed by atoms with Crippen molar-refractivity contribution >= 4 is 29.5 Å². The van der Waals surface area contributed by atoms with Crippen LogP contribution in [0.1, 0.15) is 108 Å². The second-order valence-electron chi connectivity index (χ2n) is 17.1. The molecule has 9 rings (SSSR count). The molecule has 12 heteroatoms. The minimum Gasteiger partial charge on any atom is -0.350 e. The number of carbonyl (C=O) groups is 5. The van der Waals surface area contributed by atoms with Crippen LogP contribution in [0.25, 0.3) is 11.3 Å². The highest BCUT2D eigenvalue weighted by atomic mass is 16.2. The van der Waals surface area contributed by atoms with Crippen LogP contribution in [0.2, 0.25) is 0 Å². The fraction of sp³-hybridized carbons (Fsp3) is 0.333. The smallest absolute Gasteiger partial charge is 0.251 e. The lowest BCUT2D eigenvalue weighted by atomic mass is 10.0. The van der Waals surface area contributed by atoms with Crippen LogP contribution >= 0.6 is 0 Å². The lowest BCUT2D eigenvalue weighted by Crippen LogP contribution is -2.48. The van der Waals surface area contributed by atoms with Gasteiger partial charge in [-0.25, -0.2) is 4.98 Å². The number of hydrogen-bond acceptors (Lipinski definition) is 6. The van der Waals surface area contributed by atoms with Crippen molar-refractivity contribution in [3.8, 4) is 23.1 Å².